The number of carboxylic acids is 1. The third kappa shape index (κ3) is 2.41. The van der Waals surface area contributed by atoms with Gasteiger partial charge in [0.05, 0.1) is 31.0 Å². The zero-order chi connectivity index (χ0) is 12.3. The number of hydrogen-bond acceptors (Lipinski definition) is 3. The number of nitrogens with zero attached hydrogens (tertiary/aromatic N) is 1. The van der Waals surface area contributed by atoms with Crippen molar-refractivity contribution in [1.82, 2.24) is 4.98 Å². The van der Waals surface area contributed by atoms with Crippen molar-refractivity contribution in [2.45, 2.75) is 12.8 Å². The molecule has 1 aromatic rings. The minimum Gasteiger partial charge on any atom is -0.495 e. The van der Waals surface area contributed by atoms with E-state index in [1.165, 1.54) is 0 Å². The highest BCUT2D eigenvalue weighted by Gasteiger charge is 2.24. The molecule has 7 heteroatoms. The number of alkyl halides is 2. The fraction of sp³-hybridized carbons (Fsp3) is 0.333. The van der Waals surface area contributed by atoms with Crippen LogP contribution in [0.2, 0.25) is 0 Å². The molecular weight excluding hydrogens is 227 g/mol. The molecular formula is C9H8F3NO3. The average molecular weight is 235 g/mol. The molecule has 16 heavy (non-hydrogen) atoms. The Kier molecular flexibility index (Phi) is 3.70. The van der Waals surface area contributed by atoms with Crippen LogP contribution in [-0.4, -0.2) is 23.2 Å². The second-order valence-electron chi connectivity index (χ2n) is 2.87. The molecule has 0 aromatic carbocycles. The lowest BCUT2D eigenvalue weighted by Gasteiger charge is -2.10. The predicted octanol–water partition coefficient (Wildman–Crippen LogP) is 1.79. The van der Waals surface area contributed by atoms with Crippen molar-refractivity contribution < 1.29 is 27.8 Å². The van der Waals surface area contributed by atoms with E-state index < -0.39 is 41.6 Å². The van der Waals surface area contributed by atoms with E-state index >= 15 is 0 Å². The maximum atomic E-state index is 13.4. The van der Waals surface area contributed by atoms with Crippen LogP contribution in [0.4, 0.5) is 13.2 Å². The van der Waals surface area contributed by atoms with Gasteiger partial charge in [0.2, 0.25) is 0 Å². The smallest absolute Gasteiger partial charge is 0.309 e. The Labute approximate surface area is 88.7 Å². The minimum atomic E-state index is -3.09. The third-order valence-electron chi connectivity index (χ3n) is 1.85. The van der Waals surface area contributed by atoms with Crippen molar-refractivity contribution in [3.05, 3.63) is 23.3 Å². The molecule has 0 unspecified atom stereocenters. The first kappa shape index (κ1) is 12.3. The number of aromatic nitrogens is 1. The van der Waals surface area contributed by atoms with E-state index in [0.717, 1.165) is 13.3 Å². The fourth-order valence-corrected chi connectivity index (χ4v) is 1.16. The van der Waals surface area contributed by atoms with Crippen LogP contribution in [0.25, 0.3) is 0 Å². The van der Waals surface area contributed by atoms with Gasteiger partial charge in [0.1, 0.15) is 5.75 Å². The maximum absolute atomic E-state index is 13.4. The normalized spacial score (nSPS) is 10.6. The summed E-state index contributed by atoms with van der Waals surface area (Å²) in [5, 5.41) is 8.42. The highest BCUT2D eigenvalue weighted by atomic mass is 19.3. The number of methoxy groups -OCH3 is 1. The molecule has 0 radical (unpaired) electrons. The highest BCUT2D eigenvalue weighted by Crippen LogP contribution is 2.31. The van der Waals surface area contributed by atoms with Crippen LogP contribution in [0.5, 0.6) is 5.75 Å². The van der Waals surface area contributed by atoms with Gasteiger partial charge >= 0.3 is 5.97 Å². The van der Waals surface area contributed by atoms with Crippen LogP contribution < -0.4 is 4.74 Å². The first-order chi connectivity index (χ1) is 7.47. The van der Waals surface area contributed by atoms with Crippen LogP contribution in [-0.2, 0) is 11.2 Å². The quantitative estimate of drug-likeness (QED) is 0.864. The zero-order valence-corrected chi connectivity index (χ0v) is 8.21. The summed E-state index contributed by atoms with van der Waals surface area (Å²) >= 11 is 0. The van der Waals surface area contributed by atoms with Gasteiger partial charge in [-0.2, -0.15) is 0 Å². The lowest BCUT2D eigenvalue weighted by atomic mass is 10.1. The monoisotopic (exact) mass is 235 g/mol. The number of carbonyl (C=O) groups is 1. The summed E-state index contributed by atoms with van der Waals surface area (Å²) < 4.78 is 43.0. The Morgan fingerprint density at radius 2 is 2.25 bits per heavy atom. The number of ether oxygens (including phenoxy) is 1. The van der Waals surface area contributed by atoms with Crippen molar-refractivity contribution in [1.29, 1.82) is 0 Å². The third-order valence-corrected chi connectivity index (χ3v) is 1.85. The lowest BCUT2D eigenvalue weighted by Crippen LogP contribution is -2.09. The number of halogens is 3. The van der Waals surface area contributed by atoms with E-state index in [1.807, 2.05) is 0 Å². The molecule has 88 valence electrons. The van der Waals surface area contributed by atoms with Crippen LogP contribution in [0.1, 0.15) is 17.7 Å². The summed E-state index contributed by atoms with van der Waals surface area (Å²) in [7, 11) is 1.10. The van der Waals surface area contributed by atoms with E-state index in [0.29, 0.717) is 0 Å². The first-order valence-electron chi connectivity index (χ1n) is 4.18. The van der Waals surface area contributed by atoms with Crippen LogP contribution >= 0.6 is 0 Å². The Bertz CT molecular complexity index is 409. The summed E-state index contributed by atoms with van der Waals surface area (Å²) in [5.41, 5.74) is -1.50. The van der Waals surface area contributed by atoms with Crippen LogP contribution in [0, 0.1) is 5.82 Å². The van der Waals surface area contributed by atoms with Gasteiger partial charge in [-0.25, -0.2) is 13.2 Å². The number of hydrogen-bond donors (Lipinski definition) is 1. The van der Waals surface area contributed by atoms with Crippen molar-refractivity contribution >= 4 is 5.97 Å². The number of rotatable bonds is 4. The largest absolute Gasteiger partial charge is 0.495 e. The van der Waals surface area contributed by atoms with Gasteiger partial charge in [0, 0.05) is 0 Å². The van der Waals surface area contributed by atoms with E-state index in [4.69, 9.17) is 5.11 Å². The molecule has 0 aliphatic heterocycles. The topological polar surface area (TPSA) is 59.4 Å². The molecule has 1 rings (SSSR count). The number of aliphatic carboxylic acids is 1. The Balaban J connectivity index is 3.26. The van der Waals surface area contributed by atoms with Gasteiger partial charge in [0.25, 0.3) is 6.43 Å². The lowest BCUT2D eigenvalue weighted by molar-refractivity contribution is -0.136. The molecule has 1 heterocycles. The molecule has 1 aromatic heterocycles. The molecule has 4 nitrogen and oxygen atoms in total. The Morgan fingerprint density at radius 3 is 2.69 bits per heavy atom. The van der Waals surface area contributed by atoms with Crippen molar-refractivity contribution in [3.8, 4) is 5.75 Å². The maximum Gasteiger partial charge on any atom is 0.309 e. The predicted molar refractivity (Wildman–Crippen MR) is 47.0 cm³/mol. The van der Waals surface area contributed by atoms with Gasteiger partial charge in [0.15, 0.2) is 5.82 Å². The summed E-state index contributed by atoms with van der Waals surface area (Å²) in [6.45, 7) is 0. The molecule has 0 aliphatic carbocycles. The molecule has 0 bridgehead atoms. The molecule has 0 amide bonds. The van der Waals surface area contributed by atoms with E-state index in [1.54, 1.807) is 0 Å². The van der Waals surface area contributed by atoms with Crippen molar-refractivity contribution in [2.75, 3.05) is 7.11 Å². The van der Waals surface area contributed by atoms with E-state index in [-0.39, 0.29) is 0 Å². The van der Waals surface area contributed by atoms with Gasteiger partial charge in [-0.1, -0.05) is 0 Å². The van der Waals surface area contributed by atoms with Crippen LogP contribution in [0.3, 0.4) is 0 Å². The van der Waals surface area contributed by atoms with E-state index in [2.05, 4.69) is 9.72 Å². The second-order valence-corrected chi connectivity index (χ2v) is 2.87. The zero-order valence-electron chi connectivity index (χ0n) is 8.21. The van der Waals surface area contributed by atoms with Crippen LogP contribution in [0.15, 0.2) is 6.20 Å². The fourth-order valence-electron chi connectivity index (χ4n) is 1.16. The van der Waals surface area contributed by atoms with Gasteiger partial charge in [-0.15, -0.1) is 0 Å². The van der Waals surface area contributed by atoms with Gasteiger partial charge in [-0.05, 0) is 0 Å². The minimum absolute atomic E-state index is 0.401. The molecule has 0 atom stereocenters. The number of carboxylic acid groups (broad SMARTS) is 1. The highest BCUT2D eigenvalue weighted by molar-refractivity contribution is 5.69. The number of pyridine rings is 1. The van der Waals surface area contributed by atoms with Gasteiger partial charge in [-0.3, -0.25) is 9.78 Å². The summed E-state index contributed by atoms with van der Waals surface area (Å²) in [6, 6.07) is 0. The molecule has 0 fully saturated rings. The Hall–Kier alpha value is -1.79. The summed E-state index contributed by atoms with van der Waals surface area (Å²) in [5.74, 6) is -3.09. The van der Waals surface area contributed by atoms with Crippen molar-refractivity contribution in [3.63, 3.8) is 0 Å². The SMILES string of the molecule is COc1cnc(CC(=O)O)c(F)c1C(F)F. The Morgan fingerprint density at radius 1 is 1.62 bits per heavy atom. The molecule has 0 saturated carbocycles. The van der Waals surface area contributed by atoms with Crippen molar-refractivity contribution in [2.24, 2.45) is 0 Å². The summed E-state index contributed by atoms with van der Waals surface area (Å²) in [6.07, 6.45) is -2.97. The first-order valence-corrected chi connectivity index (χ1v) is 4.18. The molecule has 0 spiro atoms. The molecule has 0 aliphatic rings. The second kappa shape index (κ2) is 4.82. The molecule has 0 saturated heterocycles. The van der Waals surface area contributed by atoms with E-state index in [9.17, 15) is 18.0 Å². The average Bonchev–Trinajstić information content (AvgIpc) is 2.19. The molecule has 1 N–H and O–H groups in total. The van der Waals surface area contributed by atoms with Gasteiger partial charge < -0.3 is 9.84 Å². The summed E-state index contributed by atoms with van der Waals surface area (Å²) in [4.78, 5) is 13.7. The standard InChI is InChI=1S/C9H8F3NO3/c1-16-5-3-13-4(2-6(14)15)8(10)7(5)9(11)12/h3,9H,2H2,1H3,(H,14,15).